The van der Waals surface area contributed by atoms with Crippen molar-refractivity contribution < 1.29 is 19.1 Å². The van der Waals surface area contributed by atoms with Crippen molar-refractivity contribution in [1.82, 2.24) is 14.0 Å². The van der Waals surface area contributed by atoms with E-state index in [2.05, 4.69) is 9.98 Å². The van der Waals surface area contributed by atoms with E-state index < -0.39 is 18.0 Å². The second-order valence-corrected chi connectivity index (χ2v) is 8.17. The summed E-state index contributed by atoms with van der Waals surface area (Å²) in [7, 11) is 0. The van der Waals surface area contributed by atoms with Gasteiger partial charge >= 0.3 is 5.97 Å². The summed E-state index contributed by atoms with van der Waals surface area (Å²) in [6.45, 7) is 7.10. The number of esters is 1. The number of hydrogen-bond acceptors (Lipinski definition) is 6. The predicted octanol–water partition coefficient (Wildman–Crippen LogP) is 3.30. The Morgan fingerprint density at radius 3 is 2.46 bits per heavy atom. The highest BCUT2D eigenvalue weighted by Gasteiger charge is 2.22. The molecular weight excluding hydrogens is 448 g/mol. The van der Waals surface area contributed by atoms with Gasteiger partial charge in [0.2, 0.25) is 0 Å². The Morgan fingerprint density at radius 2 is 1.77 bits per heavy atom. The Balaban J connectivity index is 1.99. The van der Waals surface area contributed by atoms with Crippen LogP contribution < -0.4 is 15.8 Å². The molecule has 0 radical (unpaired) electrons. The fourth-order valence-electron chi connectivity index (χ4n) is 3.75. The lowest BCUT2D eigenvalue weighted by atomic mass is 10.2. The van der Waals surface area contributed by atoms with Gasteiger partial charge in [-0.25, -0.2) is 9.78 Å². The highest BCUT2D eigenvalue weighted by atomic mass is 16.5. The van der Waals surface area contributed by atoms with Gasteiger partial charge in [0.25, 0.3) is 11.5 Å². The summed E-state index contributed by atoms with van der Waals surface area (Å²) in [6, 6.07) is 15.2. The van der Waals surface area contributed by atoms with E-state index in [1.165, 1.54) is 10.5 Å². The van der Waals surface area contributed by atoms with Crippen LogP contribution in [0.15, 0.2) is 70.6 Å². The summed E-state index contributed by atoms with van der Waals surface area (Å²) in [5, 5.41) is 0.213. The quantitative estimate of drug-likeness (QED) is 0.314. The SMILES string of the molecule is CCOC(=O)c1cc2c(=O)n3ccccc3nc2n(C(C)C)c1=NC(=O)[C@@H](C)Oc1ccccc1. The highest BCUT2D eigenvalue weighted by molar-refractivity contribution is 5.94. The first kappa shape index (κ1) is 23.9. The molecule has 0 fully saturated rings. The van der Waals surface area contributed by atoms with Gasteiger partial charge in [0.05, 0.1) is 12.0 Å². The van der Waals surface area contributed by atoms with Gasteiger partial charge in [0.15, 0.2) is 11.6 Å². The first-order valence-electron chi connectivity index (χ1n) is 11.4. The molecule has 0 aliphatic heterocycles. The monoisotopic (exact) mass is 474 g/mol. The predicted molar refractivity (Wildman–Crippen MR) is 130 cm³/mol. The van der Waals surface area contributed by atoms with Crippen molar-refractivity contribution in [1.29, 1.82) is 0 Å². The molecule has 0 saturated heterocycles. The van der Waals surface area contributed by atoms with E-state index >= 15 is 0 Å². The third-order valence-electron chi connectivity index (χ3n) is 5.37. The van der Waals surface area contributed by atoms with Crippen molar-refractivity contribution in [3.05, 3.63) is 82.2 Å². The van der Waals surface area contributed by atoms with Crippen molar-refractivity contribution in [2.24, 2.45) is 4.99 Å². The van der Waals surface area contributed by atoms with Crippen molar-refractivity contribution in [2.75, 3.05) is 6.61 Å². The molecule has 1 atom stereocenters. The minimum atomic E-state index is -0.918. The number of benzene rings is 1. The van der Waals surface area contributed by atoms with E-state index in [4.69, 9.17) is 9.47 Å². The second kappa shape index (κ2) is 9.92. The number of carbonyl (C=O) groups is 2. The Labute approximate surface area is 201 Å². The maximum Gasteiger partial charge on any atom is 0.341 e. The molecule has 0 N–H and O–H groups in total. The van der Waals surface area contributed by atoms with Crippen LogP contribution in [0.2, 0.25) is 0 Å². The van der Waals surface area contributed by atoms with Gasteiger partial charge in [-0.05, 0) is 58.0 Å². The zero-order chi connectivity index (χ0) is 25.1. The first-order valence-corrected chi connectivity index (χ1v) is 11.4. The lowest BCUT2D eigenvalue weighted by Gasteiger charge is -2.18. The number of amides is 1. The molecule has 3 aromatic heterocycles. The molecule has 9 heteroatoms. The highest BCUT2D eigenvalue weighted by Crippen LogP contribution is 2.16. The average molecular weight is 475 g/mol. The van der Waals surface area contributed by atoms with E-state index in [1.807, 2.05) is 19.9 Å². The molecule has 4 rings (SSSR count). The Bertz CT molecular complexity index is 1540. The molecule has 0 bridgehead atoms. The number of fused-ring (bicyclic) bond motifs is 2. The van der Waals surface area contributed by atoms with E-state index in [9.17, 15) is 14.4 Å². The van der Waals surface area contributed by atoms with Crippen LogP contribution in [0.25, 0.3) is 16.7 Å². The number of carbonyl (C=O) groups excluding carboxylic acids is 2. The fourth-order valence-corrected chi connectivity index (χ4v) is 3.75. The van der Waals surface area contributed by atoms with Gasteiger partial charge in [-0.2, -0.15) is 4.99 Å². The number of rotatable bonds is 6. The van der Waals surface area contributed by atoms with E-state index in [0.29, 0.717) is 17.0 Å². The zero-order valence-corrected chi connectivity index (χ0v) is 20.0. The lowest BCUT2D eigenvalue weighted by Crippen LogP contribution is -2.35. The standard InChI is InChI=1S/C26H26N4O5/c1-5-34-26(33)20-15-19-22(27-21-13-9-10-14-29(21)25(19)32)30(16(2)3)23(20)28-24(31)17(4)35-18-11-7-6-8-12-18/h6-17H,5H2,1-4H3/t17-/m1/s1. The van der Waals surface area contributed by atoms with Crippen LogP contribution in [0.5, 0.6) is 5.75 Å². The van der Waals surface area contributed by atoms with Gasteiger partial charge < -0.3 is 14.0 Å². The molecule has 0 aliphatic carbocycles. The molecule has 35 heavy (non-hydrogen) atoms. The smallest absolute Gasteiger partial charge is 0.341 e. The summed E-state index contributed by atoms with van der Waals surface area (Å²) in [5.41, 5.74) is 0.465. The molecule has 180 valence electrons. The van der Waals surface area contributed by atoms with Crippen LogP contribution in [-0.2, 0) is 9.53 Å². The van der Waals surface area contributed by atoms with E-state index in [0.717, 1.165) is 0 Å². The summed E-state index contributed by atoms with van der Waals surface area (Å²) < 4.78 is 14.0. The van der Waals surface area contributed by atoms with Gasteiger partial charge in [-0.15, -0.1) is 0 Å². The number of aromatic nitrogens is 3. The minimum absolute atomic E-state index is 0.00286. The average Bonchev–Trinajstić information content (AvgIpc) is 2.84. The fraction of sp³-hybridized carbons (Fsp3) is 0.269. The molecule has 0 unspecified atom stereocenters. The molecule has 9 nitrogen and oxygen atoms in total. The number of pyridine rings is 2. The maximum atomic E-state index is 13.3. The summed E-state index contributed by atoms with van der Waals surface area (Å²) in [6.07, 6.45) is 0.692. The topological polar surface area (TPSA) is 104 Å². The van der Waals surface area contributed by atoms with Crippen molar-refractivity contribution in [3.8, 4) is 5.75 Å². The van der Waals surface area contributed by atoms with E-state index in [1.54, 1.807) is 67.1 Å². The van der Waals surface area contributed by atoms with Gasteiger partial charge in [0.1, 0.15) is 22.6 Å². The van der Waals surface area contributed by atoms with Crippen LogP contribution in [0, 0.1) is 0 Å². The number of hydrogen-bond donors (Lipinski definition) is 0. The van der Waals surface area contributed by atoms with Crippen molar-refractivity contribution in [3.63, 3.8) is 0 Å². The maximum absolute atomic E-state index is 13.3. The van der Waals surface area contributed by atoms with Gasteiger partial charge in [-0.1, -0.05) is 24.3 Å². The molecule has 1 amide bonds. The molecular formula is C26H26N4O5. The zero-order valence-electron chi connectivity index (χ0n) is 20.0. The summed E-state index contributed by atoms with van der Waals surface area (Å²) >= 11 is 0. The number of ether oxygens (including phenoxy) is 2. The molecule has 3 heterocycles. The lowest BCUT2D eigenvalue weighted by molar-refractivity contribution is -0.124. The van der Waals surface area contributed by atoms with Crippen LogP contribution in [0.4, 0.5) is 0 Å². The molecule has 0 aliphatic rings. The number of nitrogens with zero attached hydrogens (tertiary/aromatic N) is 4. The minimum Gasteiger partial charge on any atom is -0.481 e. The molecule has 4 aromatic rings. The van der Waals surface area contributed by atoms with Crippen molar-refractivity contribution >= 4 is 28.6 Å². The molecule has 0 saturated carbocycles. The largest absolute Gasteiger partial charge is 0.481 e. The van der Waals surface area contributed by atoms with Crippen LogP contribution in [0.1, 0.15) is 44.1 Å². The Morgan fingerprint density at radius 1 is 1.06 bits per heavy atom. The van der Waals surface area contributed by atoms with Crippen molar-refractivity contribution in [2.45, 2.75) is 39.8 Å². The third kappa shape index (κ3) is 4.70. The van der Waals surface area contributed by atoms with Crippen LogP contribution in [-0.4, -0.2) is 38.5 Å². The van der Waals surface area contributed by atoms with Gasteiger partial charge in [-0.3, -0.25) is 14.0 Å². The van der Waals surface area contributed by atoms with E-state index in [-0.39, 0.29) is 34.6 Å². The van der Waals surface area contributed by atoms with Crippen LogP contribution in [0.3, 0.4) is 0 Å². The second-order valence-electron chi connectivity index (χ2n) is 8.17. The third-order valence-corrected chi connectivity index (χ3v) is 5.37. The Hall–Kier alpha value is -4.27. The molecule has 0 spiro atoms. The first-order chi connectivity index (χ1) is 16.8. The van der Waals surface area contributed by atoms with Gasteiger partial charge in [0, 0.05) is 12.2 Å². The molecule has 1 aromatic carbocycles. The summed E-state index contributed by atoms with van der Waals surface area (Å²) in [4.78, 5) is 48.3. The van der Waals surface area contributed by atoms with Crippen LogP contribution >= 0.6 is 0 Å². The normalized spacial score (nSPS) is 12.8. The number of para-hydroxylation sites is 1. The Kier molecular flexibility index (Phi) is 6.77. The summed E-state index contributed by atoms with van der Waals surface area (Å²) in [5.74, 6) is -0.763.